The molecule has 0 unspecified atom stereocenters. The summed E-state index contributed by atoms with van der Waals surface area (Å²) in [6, 6.07) is 9.18. The number of rotatable bonds is 2. The van der Waals surface area contributed by atoms with Crippen LogP contribution in [0.25, 0.3) is 0 Å². The van der Waals surface area contributed by atoms with Gasteiger partial charge in [0.25, 0.3) is 5.56 Å². The quantitative estimate of drug-likeness (QED) is 0.773. The van der Waals surface area contributed by atoms with Crippen molar-refractivity contribution < 1.29 is 0 Å². The first-order chi connectivity index (χ1) is 8.84. The Morgan fingerprint density at radius 1 is 1.00 bits per heavy atom. The van der Waals surface area contributed by atoms with Gasteiger partial charge in [-0.1, -0.05) is 32.9 Å². The smallest absolute Gasteiger partial charge is 0.327 e. The Kier molecular flexibility index (Phi) is 3.29. The van der Waals surface area contributed by atoms with Crippen molar-refractivity contribution in [3.05, 3.63) is 56.7 Å². The Bertz CT molecular complexity index is 647. The second-order valence-electron chi connectivity index (χ2n) is 5.45. The third kappa shape index (κ3) is 3.34. The molecule has 0 radical (unpaired) electrons. The average Bonchev–Trinajstić information content (AvgIpc) is 2.26. The van der Waals surface area contributed by atoms with Gasteiger partial charge < -0.3 is 5.32 Å². The minimum atomic E-state index is -0.527. The van der Waals surface area contributed by atoms with E-state index in [0.717, 1.165) is 5.69 Å². The molecule has 0 bridgehead atoms. The fourth-order valence-corrected chi connectivity index (χ4v) is 1.75. The van der Waals surface area contributed by atoms with Crippen LogP contribution in [0, 0.1) is 0 Å². The lowest BCUT2D eigenvalue weighted by molar-refractivity contribution is 0.590. The summed E-state index contributed by atoms with van der Waals surface area (Å²) in [6.45, 7) is 6.43. The number of anilines is 2. The molecule has 19 heavy (non-hydrogen) atoms. The van der Waals surface area contributed by atoms with E-state index >= 15 is 0 Å². The maximum Gasteiger partial charge on any atom is 0.327 e. The van der Waals surface area contributed by atoms with Crippen molar-refractivity contribution in [1.29, 1.82) is 0 Å². The molecule has 0 saturated heterocycles. The third-order valence-electron chi connectivity index (χ3n) is 2.79. The van der Waals surface area contributed by atoms with Crippen LogP contribution in [0.3, 0.4) is 0 Å². The van der Waals surface area contributed by atoms with Crippen LogP contribution in [-0.2, 0) is 5.41 Å². The van der Waals surface area contributed by atoms with Gasteiger partial charge in [0.1, 0.15) is 5.82 Å². The Morgan fingerprint density at radius 2 is 1.63 bits per heavy atom. The normalized spacial score (nSPS) is 11.3. The van der Waals surface area contributed by atoms with Crippen LogP contribution in [0.15, 0.2) is 39.9 Å². The van der Waals surface area contributed by atoms with E-state index in [1.807, 2.05) is 24.3 Å². The van der Waals surface area contributed by atoms with E-state index in [1.54, 1.807) is 0 Å². The third-order valence-corrected chi connectivity index (χ3v) is 2.79. The molecule has 0 saturated carbocycles. The van der Waals surface area contributed by atoms with Crippen LogP contribution in [-0.4, -0.2) is 9.97 Å². The number of nitrogens with one attached hydrogen (secondary N) is 3. The Balaban J connectivity index is 2.24. The van der Waals surface area contributed by atoms with Gasteiger partial charge in [0, 0.05) is 11.8 Å². The minimum absolute atomic E-state index is 0.0940. The molecular weight excluding hydrogens is 242 g/mol. The second kappa shape index (κ2) is 4.76. The monoisotopic (exact) mass is 259 g/mol. The molecule has 2 aromatic rings. The Morgan fingerprint density at radius 3 is 2.16 bits per heavy atom. The number of hydrogen-bond donors (Lipinski definition) is 3. The van der Waals surface area contributed by atoms with E-state index in [1.165, 1.54) is 11.6 Å². The summed E-state index contributed by atoms with van der Waals surface area (Å²) in [5.74, 6) is 0.372. The van der Waals surface area contributed by atoms with Crippen molar-refractivity contribution >= 4 is 11.5 Å². The van der Waals surface area contributed by atoms with E-state index in [-0.39, 0.29) is 5.41 Å². The molecule has 1 aromatic carbocycles. The summed E-state index contributed by atoms with van der Waals surface area (Å²) < 4.78 is 0. The van der Waals surface area contributed by atoms with E-state index < -0.39 is 11.2 Å². The van der Waals surface area contributed by atoms with Gasteiger partial charge in [-0.3, -0.25) is 14.8 Å². The number of hydrogen-bond acceptors (Lipinski definition) is 3. The Labute approximate surface area is 110 Å². The molecule has 3 N–H and O–H groups in total. The number of aromatic amines is 2. The maximum absolute atomic E-state index is 11.2. The molecule has 0 aliphatic rings. The van der Waals surface area contributed by atoms with Gasteiger partial charge >= 0.3 is 5.69 Å². The van der Waals surface area contributed by atoms with Crippen molar-refractivity contribution in [3.8, 4) is 0 Å². The summed E-state index contributed by atoms with van der Waals surface area (Å²) in [4.78, 5) is 26.9. The van der Waals surface area contributed by atoms with Gasteiger partial charge in [-0.15, -0.1) is 0 Å². The van der Waals surface area contributed by atoms with Crippen LogP contribution >= 0.6 is 0 Å². The standard InChI is InChI=1S/C14H17N3O2/c1-14(2,3)9-4-6-10(7-5-9)15-11-8-12(18)17-13(19)16-11/h4-8H,1-3H3,(H3,15,16,17,18,19). The lowest BCUT2D eigenvalue weighted by Crippen LogP contribution is -2.22. The fourth-order valence-electron chi connectivity index (χ4n) is 1.75. The first kappa shape index (κ1) is 13.1. The van der Waals surface area contributed by atoms with Gasteiger partial charge in [0.2, 0.25) is 0 Å². The average molecular weight is 259 g/mol. The molecule has 0 amide bonds. The van der Waals surface area contributed by atoms with E-state index in [9.17, 15) is 9.59 Å². The topological polar surface area (TPSA) is 77.8 Å². The molecule has 0 fully saturated rings. The fraction of sp³-hybridized carbons (Fsp3) is 0.286. The first-order valence-electron chi connectivity index (χ1n) is 6.06. The van der Waals surface area contributed by atoms with E-state index in [0.29, 0.717) is 5.82 Å². The predicted molar refractivity (Wildman–Crippen MR) is 76.1 cm³/mol. The van der Waals surface area contributed by atoms with Crippen molar-refractivity contribution in [3.63, 3.8) is 0 Å². The molecule has 0 aliphatic carbocycles. The molecule has 5 heteroatoms. The molecule has 1 heterocycles. The molecule has 0 spiro atoms. The summed E-state index contributed by atoms with van der Waals surface area (Å²) in [6.07, 6.45) is 0. The second-order valence-corrected chi connectivity index (χ2v) is 5.45. The number of H-pyrrole nitrogens is 2. The zero-order valence-corrected chi connectivity index (χ0v) is 11.2. The van der Waals surface area contributed by atoms with Crippen molar-refractivity contribution in [2.24, 2.45) is 0 Å². The molecule has 100 valence electrons. The summed E-state index contributed by atoms with van der Waals surface area (Å²) in [5.41, 5.74) is 1.17. The van der Waals surface area contributed by atoms with Crippen LogP contribution in [0.2, 0.25) is 0 Å². The minimum Gasteiger partial charge on any atom is -0.342 e. The lowest BCUT2D eigenvalue weighted by Gasteiger charge is -2.19. The highest BCUT2D eigenvalue weighted by Crippen LogP contribution is 2.24. The van der Waals surface area contributed by atoms with E-state index in [4.69, 9.17) is 0 Å². The van der Waals surface area contributed by atoms with Crippen LogP contribution in [0.5, 0.6) is 0 Å². The van der Waals surface area contributed by atoms with Gasteiger partial charge in [-0.25, -0.2) is 4.79 Å². The molecular formula is C14H17N3O2. The largest absolute Gasteiger partial charge is 0.342 e. The summed E-state index contributed by atoms with van der Waals surface area (Å²) in [5, 5.41) is 2.99. The van der Waals surface area contributed by atoms with Crippen LogP contribution < -0.4 is 16.6 Å². The molecule has 0 aliphatic heterocycles. The highest BCUT2D eigenvalue weighted by atomic mass is 16.2. The molecule has 0 atom stereocenters. The zero-order chi connectivity index (χ0) is 14.0. The van der Waals surface area contributed by atoms with Gasteiger partial charge in [0.15, 0.2) is 0 Å². The number of aromatic nitrogens is 2. The van der Waals surface area contributed by atoms with Crippen molar-refractivity contribution in [1.82, 2.24) is 9.97 Å². The van der Waals surface area contributed by atoms with Crippen molar-refractivity contribution in [2.45, 2.75) is 26.2 Å². The number of benzene rings is 1. The molecule has 1 aromatic heterocycles. The van der Waals surface area contributed by atoms with Gasteiger partial charge in [-0.2, -0.15) is 0 Å². The van der Waals surface area contributed by atoms with Crippen LogP contribution in [0.4, 0.5) is 11.5 Å². The zero-order valence-electron chi connectivity index (χ0n) is 11.2. The van der Waals surface area contributed by atoms with Crippen molar-refractivity contribution in [2.75, 3.05) is 5.32 Å². The lowest BCUT2D eigenvalue weighted by atomic mass is 9.87. The highest BCUT2D eigenvalue weighted by molar-refractivity contribution is 5.56. The van der Waals surface area contributed by atoms with E-state index in [2.05, 4.69) is 36.1 Å². The van der Waals surface area contributed by atoms with Gasteiger partial charge in [0.05, 0.1) is 0 Å². The maximum atomic E-state index is 11.2. The SMILES string of the molecule is CC(C)(C)c1ccc(Nc2cc(=O)[nH]c(=O)[nH]2)cc1. The predicted octanol–water partition coefficient (Wildman–Crippen LogP) is 2.10. The molecule has 5 nitrogen and oxygen atoms in total. The van der Waals surface area contributed by atoms with Gasteiger partial charge in [-0.05, 0) is 23.1 Å². The summed E-state index contributed by atoms with van der Waals surface area (Å²) >= 11 is 0. The highest BCUT2D eigenvalue weighted by Gasteiger charge is 2.12. The van der Waals surface area contributed by atoms with Crippen LogP contribution in [0.1, 0.15) is 26.3 Å². The Hall–Kier alpha value is -2.30. The first-order valence-corrected chi connectivity index (χ1v) is 6.06. The molecule has 2 rings (SSSR count). The summed E-state index contributed by atoms with van der Waals surface area (Å²) in [7, 11) is 0.